The van der Waals surface area contributed by atoms with E-state index in [9.17, 15) is 22.4 Å². The molecule has 2 saturated heterocycles. The van der Waals surface area contributed by atoms with Crippen LogP contribution in [0.15, 0.2) is 64.4 Å². The third-order valence-electron chi connectivity index (χ3n) is 8.91. The summed E-state index contributed by atoms with van der Waals surface area (Å²) in [5.74, 6) is -1.57. The number of hydrogen-bond donors (Lipinski definition) is 0. The molecule has 48 heavy (non-hydrogen) atoms. The quantitative estimate of drug-likeness (QED) is 0.268. The molecule has 0 unspecified atom stereocenters. The van der Waals surface area contributed by atoms with E-state index in [2.05, 4.69) is 19.9 Å². The average molecular weight is 678 g/mol. The van der Waals surface area contributed by atoms with Gasteiger partial charge in [0.05, 0.1) is 21.7 Å². The first-order valence-electron chi connectivity index (χ1n) is 15.9. The maximum Gasteiger partial charge on any atom is 0.355 e. The smallest absolute Gasteiger partial charge is 0.350 e. The predicted molar refractivity (Wildman–Crippen MR) is 179 cm³/mol. The zero-order valence-electron chi connectivity index (χ0n) is 27.1. The molecule has 0 spiro atoms. The number of anilines is 1. The lowest BCUT2D eigenvalue weighted by Crippen LogP contribution is -2.54. The molecule has 2 aliphatic heterocycles. The van der Waals surface area contributed by atoms with Crippen LogP contribution in [0, 0.1) is 18.6 Å². The van der Waals surface area contributed by atoms with Gasteiger partial charge in [-0.25, -0.2) is 31.5 Å². The molecule has 1 aromatic carbocycles. The zero-order chi connectivity index (χ0) is 34.2. The van der Waals surface area contributed by atoms with Crippen molar-refractivity contribution in [3.8, 4) is 16.9 Å². The summed E-state index contributed by atoms with van der Waals surface area (Å²) in [4.78, 5) is 45.8. The number of sulfone groups is 1. The Kier molecular flexibility index (Phi) is 9.39. The number of benzene rings is 1. The van der Waals surface area contributed by atoms with Crippen LogP contribution in [0.2, 0.25) is 0 Å². The summed E-state index contributed by atoms with van der Waals surface area (Å²) in [7, 11) is -3.88. The van der Waals surface area contributed by atoms with Gasteiger partial charge in [0.1, 0.15) is 23.1 Å². The van der Waals surface area contributed by atoms with Crippen molar-refractivity contribution in [2.75, 3.05) is 50.4 Å². The number of piperazine rings is 1. The van der Waals surface area contributed by atoms with Gasteiger partial charge < -0.3 is 9.80 Å². The van der Waals surface area contributed by atoms with Crippen molar-refractivity contribution in [2.45, 2.75) is 44.0 Å². The van der Waals surface area contributed by atoms with Gasteiger partial charge in [0, 0.05) is 56.3 Å². The normalized spacial score (nSPS) is 17.8. The molecule has 0 bridgehead atoms. The molecule has 4 aromatic rings. The highest BCUT2D eigenvalue weighted by molar-refractivity contribution is 7.90. The van der Waals surface area contributed by atoms with E-state index >= 15 is 4.39 Å². The summed E-state index contributed by atoms with van der Waals surface area (Å²) in [6.45, 7) is 7.13. The van der Waals surface area contributed by atoms with E-state index < -0.39 is 27.2 Å². The molecule has 2 aliphatic rings. The third kappa shape index (κ3) is 6.59. The van der Waals surface area contributed by atoms with Crippen LogP contribution in [0.4, 0.5) is 14.6 Å². The lowest BCUT2D eigenvalue weighted by Gasteiger charge is -2.40. The van der Waals surface area contributed by atoms with E-state index in [-0.39, 0.29) is 62.9 Å². The highest BCUT2D eigenvalue weighted by Gasteiger charge is 2.31. The van der Waals surface area contributed by atoms with E-state index in [1.165, 1.54) is 62.7 Å². The minimum Gasteiger partial charge on any atom is -0.350 e. The number of hydrogen-bond acceptors (Lipinski definition) is 9. The number of amides is 1. The third-order valence-corrected chi connectivity index (χ3v) is 10.0. The fourth-order valence-corrected chi connectivity index (χ4v) is 7.40. The molecule has 0 saturated carbocycles. The van der Waals surface area contributed by atoms with Crippen molar-refractivity contribution >= 4 is 32.6 Å². The summed E-state index contributed by atoms with van der Waals surface area (Å²) < 4.78 is 57.5. The lowest BCUT2D eigenvalue weighted by atomic mass is 10.1. The first-order valence-corrected chi connectivity index (χ1v) is 17.8. The van der Waals surface area contributed by atoms with E-state index in [0.717, 1.165) is 36.5 Å². The Bertz CT molecular complexity index is 2080. The fourth-order valence-electron chi connectivity index (χ4n) is 6.50. The Morgan fingerprint density at radius 2 is 1.77 bits per heavy atom. The summed E-state index contributed by atoms with van der Waals surface area (Å²) in [5, 5.41) is 0.114. The van der Waals surface area contributed by atoms with Crippen molar-refractivity contribution in [1.82, 2.24) is 29.3 Å². The molecule has 5 heterocycles. The van der Waals surface area contributed by atoms with Crippen LogP contribution >= 0.6 is 0 Å². The minimum atomic E-state index is -3.88. The molecule has 14 heteroatoms. The number of carbonyl (C=O) groups excluding carboxylic acids is 1. The standard InChI is InChI=1S/C34H37F2N7O4S/c1-22-21-41(29(44)12-9-17-40-15-7-4-8-16-40)18-19-42(22)32-25-20-27(36)30(24-10-5-6-11-26(24)35)38-33(25)43(34(45)39-32)31-23(2)37-14-13-28(31)48(3,46)47/h5-6,9-14,20,22H,4,7-8,15-19,21H2,1-3H3/b12-9+/t22-/m0/s1. The maximum atomic E-state index is 15.9. The lowest BCUT2D eigenvalue weighted by molar-refractivity contribution is -0.126. The van der Waals surface area contributed by atoms with Crippen LogP contribution in [0.3, 0.4) is 0 Å². The van der Waals surface area contributed by atoms with Crippen molar-refractivity contribution in [3.63, 3.8) is 0 Å². The highest BCUT2D eigenvalue weighted by Crippen LogP contribution is 2.33. The van der Waals surface area contributed by atoms with Gasteiger partial charge in [-0.1, -0.05) is 24.6 Å². The molecule has 0 aliphatic carbocycles. The number of pyridine rings is 2. The topological polar surface area (TPSA) is 122 Å². The second-order valence-corrected chi connectivity index (χ2v) is 14.3. The molecule has 2 fully saturated rings. The largest absolute Gasteiger partial charge is 0.355 e. The number of fused-ring (bicyclic) bond motifs is 1. The SMILES string of the molecule is Cc1nccc(S(C)(=O)=O)c1-n1c(=O)nc(N2CCN(C(=O)/C=C/CN3CCCCC3)C[C@@H]2C)c2cc(F)c(-c3ccccc3F)nc21. The summed E-state index contributed by atoms with van der Waals surface area (Å²) in [6, 6.07) is 7.62. The molecule has 1 amide bonds. The van der Waals surface area contributed by atoms with Gasteiger partial charge in [0.2, 0.25) is 5.91 Å². The van der Waals surface area contributed by atoms with Crippen molar-refractivity contribution in [3.05, 3.63) is 82.6 Å². The number of carbonyl (C=O) groups is 1. The number of aromatic nitrogens is 4. The van der Waals surface area contributed by atoms with Gasteiger partial charge in [-0.2, -0.15) is 4.98 Å². The van der Waals surface area contributed by atoms with E-state index in [1.807, 2.05) is 17.9 Å². The number of aryl methyl sites for hydroxylation is 1. The Morgan fingerprint density at radius 3 is 2.48 bits per heavy atom. The summed E-state index contributed by atoms with van der Waals surface area (Å²) in [5.41, 5.74) is -1.35. The number of piperidine rings is 1. The molecule has 1 atom stereocenters. The highest BCUT2D eigenvalue weighted by atomic mass is 32.2. The van der Waals surface area contributed by atoms with E-state index in [4.69, 9.17) is 0 Å². The monoisotopic (exact) mass is 677 g/mol. The minimum absolute atomic E-state index is 0.0764. The van der Waals surface area contributed by atoms with Gasteiger partial charge in [-0.15, -0.1) is 0 Å². The molecule has 252 valence electrons. The van der Waals surface area contributed by atoms with Crippen molar-refractivity contribution < 1.29 is 22.0 Å². The van der Waals surface area contributed by atoms with Gasteiger partial charge in [-0.3, -0.25) is 14.7 Å². The van der Waals surface area contributed by atoms with Crippen molar-refractivity contribution in [2.24, 2.45) is 0 Å². The Morgan fingerprint density at radius 1 is 1.02 bits per heavy atom. The van der Waals surface area contributed by atoms with Crippen LogP contribution < -0.4 is 10.6 Å². The number of halogens is 2. The first kappa shape index (κ1) is 33.3. The zero-order valence-corrected chi connectivity index (χ0v) is 27.9. The number of likely N-dealkylation sites (tertiary alicyclic amines) is 1. The summed E-state index contributed by atoms with van der Waals surface area (Å²) in [6.07, 6.45) is 9.38. The molecule has 3 aromatic heterocycles. The maximum absolute atomic E-state index is 15.9. The summed E-state index contributed by atoms with van der Waals surface area (Å²) >= 11 is 0. The Balaban J connectivity index is 1.43. The van der Waals surface area contributed by atoms with E-state index in [1.54, 1.807) is 11.0 Å². The van der Waals surface area contributed by atoms with Gasteiger partial charge in [0.15, 0.2) is 15.5 Å². The second-order valence-electron chi connectivity index (χ2n) is 12.3. The Hall–Kier alpha value is -4.56. The molecule has 0 N–H and O–H groups in total. The number of rotatable bonds is 7. The molecule has 11 nitrogen and oxygen atoms in total. The number of nitrogens with zero attached hydrogens (tertiary/aromatic N) is 7. The first-order chi connectivity index (χ1) is 22.9. The molecule has 6 rings (SSSR count). The fraction of sp³-hybridized carbons (Fsp3) is 0.382. The molecular weight excluding hydrogens is 640 g/mol. The van der Waals surface area contributed by atoms with Gasteiger partial charge in [-0.05, 0) is 64.0 Å². The van der Waals surface area contributed by atoms with E-state index in [0.29, 0.717) is 13.1 Å². The van der Waals surface area contributed by atoms with Crippen LogP contribution in [-0.2, 0) is 14.6 Å². The van der Waals surface area contributed by atoms with Crippen LogP contribution in [0.1, 0.15) is 31.9 Å². The second kappa shape index (κ2) is 13.5. The van der Waals surface area contributed by atoms with Crippen LogP contribution in [-0.4, -0.2) is 95.2 Å². The Labute approximate surface area is 277 Å². The average Bonchev–Trinajstić information content (AvgIpc) is 3.05. The molecule has 0 radical (unpaired) electrons. The van der Waals surface area contributed by atoms with Crippen LogP contribution in [0.5, 0.6) is 0 Å². The van der Waals surface area contributed by atoms with Gasteiger partial charge >= 0.3 is 5.69 Å². The molecular formula is C34H37F2N7O4S. The van der Waals surface area contributed by atoms with Crippen molar-refractivity contribution in [1.29, 1.82) is 0 Å². The van der Waals surface area contributed by atoms with Crippen LogP contribution in [0.25, 0.3) is 28.0 Å². The van der Waals surface area contributed by atoms with Gasteiger partial charge in [0.25, 0.3) is 0 Å². The predicted octanol–water partition coefficient (Wildman–Crippen LogP) is 3.91.